The van der Waals surface area contributed by atoms with Gasteiger partial charge in [-0.1, -0.05) is 42.5 Å². The second kappa shape index (κ2) is 8.26. The molecule has 2 heterocycles. The van der Waals surface area contributed by atoms with E-state index >= 15 is 0 Å². The van der Waals surface area contributed by atoms with Crippen LogP contribution in [0.5, 0.6) is 5.75 Å². The lowest BCUT2D eigenvalue weighted by Crippen LogP contribution is -2.15. The van der Waals surface area contributed by atoms with E-state index in [0.717, 1.165) is 30.6 Å². The van der Waals surface area contributed by atoms with Gasteiger partial charge < -0.3 is 9.47 Å². The average Bonchev–Trinajstić information content (AvgIpc) is 2.77. The molecule has 142 valence electrons. The molecular formula is C24H23NO3. The Bertz CT molecular complexity index is 969. The summed E-state index contributed by atoms with van der Waals surface area (Å²) in [4.78, 5) is 16.2. The molecule has 0 saturated heterocycles. The lowest BCUT2D eigenvalue weighted by atomic mass is 9.86. The maximum absolute atomic E-state index is 12.0. The van der Waals surface area contributed by atoms with Crippen molar-refractivity contribution in [2.75, 3.05) is 13.7 Å². The van der Waals surface area contributed by atoms with E-state index in [1.165, 1.54) is 23.8 Å². The number of fused-ring (bicyclic) bond motifs is 1. The van der Waals surface area contributed by atoms with Gasteiger partial charge in [0.05, 0.1) is 19.3 Å². The number of pyridine rings is 1. The van der Waals surface area contributed by atoms with Crippen molar-refractivity contribution < 1.29 is 14.3 Å². The Hall–Kier alpha value is -3.14. The highest BCUT2D eigenvalue weighted by atomic mass is 16.5. The molecule has 0 bridgehead atoms. The van der Waals surface area contributed by atoms with Crippen LogP contribution in [0.4, 0.5) is 0 Å². The van der Waals surface area contributed by atoms with Gasteiger partial charge in [-0.25, -0.2) is 4.79 Å². The van der Waals surface area contributed by atoms with Crippen molar-refractivity contribution >= 4 is 5.97 Å². The number of nitrogens with zero attached hydrogens (tertiary/aromatic N) is 1. The summed E-state index contributed by atoms with van der Waals surface area (Å²) in [6.45, 7) is 0.715. The second-order valence-corrected chi connectivity index (χ2v) is 7.02. The molecule has 1 aliphatic heterocycles. The number of methoxy groups -OCH3 is 1. The van der Waals surface area contributed by atoms with Crippen LogP contribution in [0, 0.1) is 0 Å². The topological polar surface area (TPSA) is 48.4 Å². The van der Waals surface area contributed by atoms with Gasteiger partial charge in [0.25, 0.3) is 0 Å². The predicted octanol–water partition coefficient (Wildman–Crippen LogP) is 5.03. The molecule has 0 amide bonds. The minimum atomic E-state index is -0.308. The Morgan fingerprint density at radius 2 is 2.00 bits per heavy atom. The summed E-state index contributed by atoms with van der Waals surface area (Å²) < 4.78 is 10.9. The second-order valence-electron chi connectivity index (χ2n) is 7.02. The van der Waals surface area contributed by atoms with Gasteiger partial charge in [-0.05, 0) is 59.6 Å². The Labute approximate surface area is 165 Å². The summed E-state index contributed by atoms with van der Waals surface area (Å²) in [7, 11) is 1.41. The van der Waals surface area contributed by atoms with Crippen LogP contribution in [0.15, 0.2) is 67.0 Å². The molecule has 0 saturated carbocycles. The zero-order valence-corrected chi connectivity index (χ0v) is 15.9. The molecule has 0 fully saturated rings. The van der Waals surface area contributed by atoms with Gasteiger partial charge in [-0.15, -0.1) is 0 Å². The molecule has 4 rings (SSSR count). The molecule has 1 aliphatic rings. The molecule has 0 unspecified atom stereocenters. The summed E-state index contributed by atoms with van der Waals surface area (Å²) in [5, 5.41) is 0. The van der Waals surface area contributed by atoms with Crippen LogP contribution in [0.25, 0.3) is 11.1 Å². The number of ether oxygens (including phenoxy) is 2. The molecule has 0 N–H and O–H groups in total. The maximum atomic E-state index is 12.0. The van der Waals surface area contributed by atoms with E-state index in [9.17, 15) is 4.79 Å². The van der Waals surface area contributed by atoms with Crippen molar-refractivity contribution in [3.63, 3.8) is 0 Å². The quantitative estimate of drug-likeness (QED) is 0.588. The molecule has 28 heavy (non-hydrogen) atoms. The summed E-state index contributed by atoms with van der Waals surface area (Å²) in [5.74, 6) is 1.06. The molecule has 4 heteroatoms. The number of carbonyl (C=O) groups excluding carboxylic acids is 1. The third-order valence-corrected chi connectivity index (χ3v) is 5.36. The van der Waals surface area contributed by atoms with Crippen LogP contribution < -0.4 is 4.74 Å². The summed E-state index contributed by atoms with van der Waals surface area (Å²) >= 11 is 0. The highest BCUT2D eigenvalue weighted by Crippen LogP contribution is 2.39. The standard InChI is InChI=1S/C24H23NO3/c1-27-24(26)22-11-13-25-16-20(22)8-7-18-12-14-28-23-15-19(9-10-21(18)23)17-5-3-2-4-6-17/h2-6,9-11,13,15-16,18H,7-8,12,14H2,1H3/t18-/m1/s1. The molecule has 1 aromatic heterocycles. The van der Waals surface area contributed by atoms with E-state index in [1.54, 1.807) is 18.5 Å². The van der Waals surface area contributed by atoms with Gasteiger partial charge in [0.2, 0.25) is 0 Å². The van der Waals surface area contributed by atoms with Crippen molar-refractivity contribution in [1.29, 1.82) is 0 Å². The maximum Gasteiger partial charge on any atom is 0.338 e. The number of benzene rings is 2. The average molecular weight is 373 g/mol. The summed E-state index contributed by atoms with van der Waals surface area (Å²) in [6, 6.07) is 18.6. The van der Waals surface area contributed by atoms with Gasteiger partial charge >= 0.3 is 5.97 Å². The fraction of sp³-hybridized carbons (Fsp3) is 0.250. The van der Waals surface area contributed by atoms with Gasteiger partial charge in [0, 0.05) is 12.4 Å². The first-order valence-electron chi connectivity index (χ1n) is 9.59. The first-order valence-corrected chi connectivity index (χ1v) is 9.59. The molecule has 3 aromatic rings. The fourth-order valence-corrected chi connectivity index (χ4v) is 3.84. The summed E-state index contributed by atoms with van der Waals surface area (Å²) in [6.07, 6.45) is 6.10. The minimum absolute atomic E-state index is 0.308. The molecule has 0 spiro atoms. The number of aryl methyl sites for hydroxylation is 1. The van der Waals surface area contributed by atoms with Crippen LogP contribution in [0.3, 0.4) is 0 Å². The van der Waals surface area contributed by atoms with E-state index < -0.39 is 0 Å². The Balaban J connectivity index is 1.54. The Morgan fingerprint density at radius 3 is 2.82 bits per heavy atom. The van der Waals surface area contributed by atoms with E-state index in [4.69, 9.17) is 9.47 Å². The lowest BCUT2D eigenvalue weighted by Gasteiger charge is -2.26. The van der Waals surface area contributed by atoms with E-state index in [0.29, 0.717) is 18.1 Å². The van der Waals surface area contributed by atoms with Crippen LogP contribution in [0.1, 0.15) is 40.2 Å². The van der Waals surface area contributed by atoms with Gasteiger partial charge in [0.15, 0.2) is 0 Å². The molecular weight excluding hydrogens is 350 g/mol. The number of hydrogen-bond acceptors (Lipinski definition) is 4. The number of hydrogen-bond donors (Lipinski definition) is 0. The SMILES string of the molecule is COC(=O)c1ccncc1CC[C@@H]1CCOc2cc(-c3ccccc3)ccc21. The summed E-state index contributed by atoms with van der Waals surface area (Å²) in [5.41, 5.74) is 5.14. The number of esters is 1. The van der Waals surface area contributed by atoms with E-state index in [1.807, 2.05) is 18.2 Å². The molecule has 4 nitrogen and oxygen atoms in total. The van der Waals surface area contributed by atoms with Crippen molar-refractivity contribution in [3.8, 4) is 16.9 Å². The molecule has 1 atom stereocenters. The zero-order valence-electron chi connectivity index (χ0n) is 15.9. The van der Waals surface area contributed by atoms with Crippen LogP contribution in [0.2, 0.25) is 0 Å². The lowest BCUT2D eigenvalue weighted by molar-refractivity contribution is 0.0599. The highest BCUT2D eigenvalue weighted by molar-refractivity contribution is 5.90. The van der Waals surface area contributed by atoms with Crippen LogP contribution >= 0.6 is 0 Å². The van der Waals surface area contributed by atoms with Crippen molar-refractivity contribution in [1.82, 2.24) is 4.98 Å². The number of carbonyl (C=O) groups is 1. The smallest absolute Gasteiger partial charge is 0.338 e. The number of aromatic nitrogens is 1. The van der Waals surface area contributed by atoms with Gasteiger partial charge in [-0.3, -0.25) is 4.98 Å². The Kier molecular flexibility index (Phi) is 5.38. The van der Waals surface area contributed by atoms with Gasteiger partial charge in [0.1, 0.15) is 5.75 Å². The first-order chi connectivity index (χ1) is 13.8. The number of rotatable bonds is 5. The van der Waals surface area contributed by atoms with Crippen molar-refractivity contribution in [2.24, 2.45) is 0 Å². The Morgan fingerprint density at radius 1 is 1.14 bits per heavy atom. The molecule has 0 radical (unpaired) electrons. The predicted molar refractivity (Wildman–Crippen MR) is 109 cm³/mol. The third-order valence-electron chi connectivity index (χ3n) is 5.36. The first kappa shape index (κ1) is 18.2. The molecule has 2 aromatic carbocycles. The van der Waals surface area contributed by atoms with Gasteiger partial charge in [-0.2, -0.15) is 0 Å². The van der Waals surface area contributed by atoms with E-state index in [2.05, 4.69) is 35.3 Å². The highest BCUT2D eigenvalue weighted by Gasteiger charge is 2.23. The van der Waals surface area contributed by atoms with E-state index in [-0.39, 0.29) is 5.97 Å². The monoisotopic (exact) mass is 373 g/mol. The van der Waals surface area contributed by atoms with Crippen molar-refractivity contribution in [2.45, 2.75) is 25.2 Å². The van der Waals surface area contributed by atoms with Crippen LogP contribution in [-0.2, 0) is 11.2 Å². The molecule has 0 aliphatic carbocycles. The zero-order chi connectivity index (χ0) is 19.3. The third kappa shape index (κ3) is 3.77. The fourth-order valence-electron chi connectivity index (χ4n) is 3.84. The minimum Gasteiger partial charge on any atom is -0.493 e. The van der Waals surface area contributed by atoms with Crippen LogP contribution in [-0.4, -0.2) is 24.7 Å². The normalized spacial score (nSPS) is 15.4. The van der Waals surface area contributed by atoms with Crippen molar-refractivity contribution in [3.05, 3.63) is 83.7 Å². The largest absolute Gasteiger partial charge is 0.493 e.